The number of hydrogen-bond donors (Lipinski definition) is 0. The van der Waals surface area contributed by atoms with Crippen molar-refractivity contribution in [1.29, 1.82) is 0 Å². The van der Waals surface area contributed by atoms with E-state index in [0.29, 0.717) is 0 Å². The number of anilines is 2. The molecular formula is C25H32N2. The number of fused-ring (bicyclic) bond motifs is 2. The van der Waals surface area contributed by atoms with Crippen molar-refractivity contribution in [2.75, 3.05) is 11.4 Å². The Morgan fingerprint density at radius 1 is 0.852 bits per heavy atom. The van der Waals surface area contributed by atoms with Gasteiger partial charge in [0.2, 0.25) is 0 Å². The van der Waals surface area contributed by atoms with E-state index in [1.54, 1.807) is 0 Å². The Balaban J connectivity index is 1.94. The van der Waals surface area contributed by atoms with Crippen LogP contribution in [0.2, 0.25) is 0 Å². The predicted molar refractivity (Wildman–Crippen MR) is 116 cm³/mol. The van der Waals surface area contributed by atoms with Gasteiger partial charge in [0, 0.05) is 18.4 Å². The van der Waals surface area contributed by atoms with Crippen LogP contribution in [0.15, 0.2) is 53.5 Å². The van der Waals surface area contributed by atoms with Gasteiger partial charge in [-0.1, -0.05) is 75.9 Å². The fourth-order valence-electron chi connectivity index (χ4n) is 5.03. The van der Waals surface area contributed by atoms with Crippen molar-refractivity contribution in [2.45, 2.75) is 70.6 Å². The summed E-state index contributed by atoms with van der Waals surface area (Å²) in [4.78, 5) is 7.34. The SMILES string of the molecule is CCCCC1(CCCC)c2ccccc2N(C2=NCCC2)c2ccccc21. The first-order chi connectivity index (χ1) is 13.3. The molecule has 0 amide bonds. The van der Waals surface area contributed by atoms with Gasteiger partial charge in [-0.3, -0.25) is 9.89 Å². The molecule has 4 rings (SSSR count). The highest BCUT2D eigenvalue weighted by Crippen LogP contribution is 2.54. The van der Waals surface area contributed by atoms with Gasteiger partial charge in [0.25, 0.3) is 0 Å². The van der Waals surface area contributed by atoms with E-state index in [2.05, 4.69) is 67.3 Å². The van der Waals surface area contributed by atoms with Crippen molar-refractivity contribution in [3.8, 4) is 0 Å². The van der Waals surface area contributed by atoms with Gasteiger partial charge in [-0.15, -0.1) is 0 Å². The van der Waals surface area contributed by atoms with Crippen LogP contribution in [-0.2, 0) is 5.41 Å². The minimum absolute atomic E-state index is 0.134. The van der Waals surface area contributed by atoms with E-state index >= 15 is 0 Å². The molecule has 2 heterocycles. The summed E-state index contributed by atoms with van der Waals surface area (Å²) in [5.41, 5.74) is 5.89. The molecule has 0 spiro atoms. The summed E-state index contributed by atoms with van der Waals surface area (Å²) in [5, 5.41) is 0. The summed E-state index contributed by atoms with van der Waals surface area (Å²) in [6.45, 7) is 5.59. The standard InChI is InChI=1S/C25H32N2/c1-3-5-17-25(18-6-4-2)20-12-7-9-14-22(20)27(24-16-11-19-26-24)23-15-10-8-13-21(23)25/h7-10,12-15H,3-6,11,16-19H2,1-2H3. The fraction of sp³-hybridized carbons (Fsp3) is 0.480. The van der Waals surface area contributed by atoms with Gasteiger partial charge in [-0.2, -0.15) is 0 Å². The first-order valence-corrected chi connectivity index (χ1v) is 10.8. The second-order valence-corrected chi connectivity index (χ2v) is 8.06. The molecule has 2 aromatic rings. The number of aliphatic imine (C=N–C) groups is 1. The zero-order valence-corrected chi connectivity index (χ0v) is 16.9. The van der Waals surface area contributed by atoms with Gasteiger partial charge in [0.1, 0.15) is 5.84 Å². The predicted octanol–water partition coefficient (Wildman–Crippen LogP) is 7.00. The molecule has 0 saturated carbocycles. The third-order valence-corrected chi connectivity index (χ3v) is 6.35. The van der Waals surface area contributed by atoms with Crippen LogP contribution >= 0.6 is 0 Å². The van der Waals surface area contributed by atoms with Crippen molar-refractivity contribution in [1.82, 2.24) is 0 Å². The van der Waals surface area contributed by atoms with E-state index < -0.39 is 0 Å². The maximum atomic E-state index is 4.87. The van der Waals surface area contributed by atoms with Crippen LogP contribution in [0.5, 0.6) is 0 Å². The van der Waals surface area contributed by atoms with Crippen molar-refractivity contribution < 1.29 is 0 Å². The molecule has 2 nitrogen and oxygen atoms in total. The molecule has 142 valence electrons. The van der Waals surface area contributed by atoms with E-state index in [1.807, 2.05) is 0 Å². The highest BCUT2D eigenvalue weighted by molar-refractivity contribution is 6.07. The normalized spacial score (nSPS) is 17.4. The van der Waals surface area contributed by atoms with Gasteiger partial charge >= 0.3 is 0 Å². The van der Waals surface area contributed by atoms with Gasteiger partial charge < -0.3 is 0 Å². The molecular weight excluding hydrogens is 328 g/mol. The van der Waals surface area contributed by atoms with Crippen LogP contribution in [0.4, 0.5) is 11.4 Å². The number of hydrogen-bond acceptors (Lipinski definition) is 2. The van der Waals surface area contributed by atoms with Crippen molar-refractivity contribution in [2.24, 2.45) is 4.99 Å². The average molecular weight is 361 g/mol. The van der Waals surface area contributed by atoms with Gasteiger partial charge in [0.15, 0.2) is 0 Å². The minimum atomic E-state index is 0.134. The quantitative estimate of drug-likeness (QED) is 0.541. The van der Waals surface area contributed by atoms with Crippen LogP contribution in [0, 0.1) is 0 Å². The van der Waals surface area contributed by atoms with Gasteiger partial charge in [-0.25, -0.2) is 0 Å². The molecule has 27 heavy (non-hydrogen) atoms. The molecule has 0 N–H and O–H groups in total. The minimum Gasteiger partial charge on any atom is -0.298 e. The lowest BCUT2D eigenvalue weighted by Gasteiger charge is -2.46. The Hall–Kier alpha value is -2.09. The molecule has 2 heteroatoms. The van der Waals surface area contributed by atoms with E-state index in [1.165, 1.54) is 73.3 Å². The summed E-state index contributed by atoms with van der Waals surface area (Å²) >= 11 is 0. The van der Waals surface area contributed by atoms with E-state index in [0.717, 1.165) is 13.0 Å². The maximum absolute atomic E-state index is 4.87. The second-order valence-electron chi connectivity index (χ2n) is 8.06. The number of rotatable bonds is 6. The largest absolute Gasteiger partial charge is 0.298 e. The molecule has 0 saturated heterocycles. The zero-order valence-electron chi connectivity index (χ0n) is 16.9. The van der Waals surface area contributed by atoms with E-state index in [9.17, 15) is 0 Å². The molecule has 2 aromatic carbocycles. The Kier molecular flexibility index (Phi) is 5.33. The van der Waals surface area contributed by atoms with Crippen LogP contribution in [0.25, 0.3) is 0 Å². The lowest BCUT2D eigenvalue weighted by molar-refractivity contribution is 0.403. The number of benzene rings is 2. The Morgan fingerprint density at radius 2 is 1.41 bits per heavy atom. The van der Waals surface area contributed by atoms with E-state index in [4.69, 9.17) is 4.99 Å². The number of nitrogens with zero attached hydrogens (tertiary/aromatic N) is 2. The van der Waals surface area contributed by atoms with Crippen LogP contribution in [0.3, 0.4) is 0 Å². The average Bonchev–Trinajstić information content (AvgIpc) is 3.24. The number of unbranched alkanes of at least 4 members (excludes halogenated alkanes) is 2. The Bertz CT molecular complexity index is 763. The van der Waals surface area contributed by atoms with Gasteiger partial charge in [-0.05, 0) is 42.5 Å². The monoisotopic (exact) mass is 360 g/mol. The molecule has 0 bridgehead atoms. The molecule has 0 fully saturated rings. The van der Waals surface area contributed by atoms with Crippen LogP contribution < -0.4 is 4.90 Å². The first-order valence-electron chi connectivity index (χ1n) is 10.8. The van der Waals surface area contributed by atoms with Crippen molar-refractivity contribution in [3.63, 3.8) is 0 Å². The molecule has 0 aliphatic carbocycles. The summed E-state index contributed by atoms with van der Waals surface area (Å²) in [5.74, 6) is 1.24. The molecule has 2 aliphatic heterocycles. The highest BCUT2D eigenvalue weighted by Gasteiger charge is 2.43. The summed E-state index contributed by atoms with van der Waals surface area (Å²) < 4.78 is 0. The Morgan fingerprint density at radius 3 is 1.89 bits per heavy atom. The van der Waals surface area contributed by atoms with Crippen molar-refractivity contribution >= 4 is 17.2 Å². The lowest BCUT2D eigenvalue weighted by Crippen LogP contribution is -2.39. The van der Waals surface area contributed by atoms with Crippen molar-refractivity contribution in [3.05, 3.63) is 59.7 Å². The third-order valence-electron chi connectivity index (χ3n) is 6.35. The topological polar surface area (TPSA) is 15.6 Å². The van der Waals surface area contributed by atoms with Gasteiger partial charge in [0.05, 0.1) is 11.4 Å². The number of amidine groups is 1. The lowest BCUT2D eigenvalue weighted by atomic mass is 9.65. The third kappa shape index (κ3) is 3.09. The summed E-state index contributed by atoms with van der Waals surface area (Å²) in [7, 11) is 0. The fourth-order valence-corrected chi connectivity index (χ4v) is 5.03. The highest BCUT2D eigenvalue weighted by atomic mass is 15.2. The Labute approximate surface area is 164 Å². The van der Waals surface area contributed by atoms with E-state index in [-0.39, 0.29) is 5.41 Å². The second kappa shape index (κ2) is 7.88. The smallest absolute Gasteiger partial charge is 0.108 e. The zero-order chi connectivity index (χ0) is 18.7. The number of para-hydroxylation sites is 2. The molecule has 0 atom stereocenters. The first kappa shape index (κ1) is 18.3. The van der Waals surface area contributed by atoms with Crippen LogP contribution in [0.1, 0.15) is 76.3 Å². The molecule has 2 aliphatic rings. The maximum Gasteiger partial charge on any atom is 0.108 e. The summed E-state index contributed by atoms with van der Waals surface area (Å²) in [6, 6.07) is 18.3. The summed E-state index contributed by atoms with van der Waals surface area (Å²) in [6.07, 6.45) is 9.76. The molecule has 0 radical (unpaired) electrons. The molecule has 0 aromatic heterocycles. The molecule has 0 unspecified atom stereocenters. The van der Waals surface area contributed by atoms with Crippen LogP contribution in [-0.4, -0.2) is 12.4 Å².